The summed E-state index contributed by atoms with van der Waals surface area (Å²) in [5.74, 6) is 0.294. The van der Waals surface area contributed by atoms with E-state index >= 15 is 0 Å². The Kier molecular flexibility index (Phi) is 5.08. The van der Waals surface area contributed by atoms with Crippen molar-refractivity contribution in [1.29, 1.82) is 0 Å². The minimum absolute atomic E-state index is 0.294. The first-order chi connectivity index (χ1) is 7.63. The summed E-state index contributed by atoms with van der Waals surface area (Å²) in [6.45, 7) is 0.571. The van der Waals surface area contributed by atoms with E-state index in [2.05, 4.69) is 10.3 Å². The van der Waals surface area contributed by atoms with E-state index in [1.165, 1.54) is 0 Å². The molecular formula is C10H11Cl2N3O. The van der Waals surface area contributed by atoms with Gasteiger partial charge in [-0.15, -0.1) is 0 Å². The van der Waals surface area contributed by atoms with E-state index in [0.29, 0.717) is 35.3 Å². The summed E-state index contributed by atoms with van der Waals surface area (Å²) in [5.41, 5.74) is 6.27. The number of nitrogens with one attached hydrogen (secondary N) is 1. The highest BCUT2D eigenvalue weighted by atomic mass is 35.5. The summed E-state index contributed by atoms with van der Waals surface area (Å²) in [5, 5.41) is 4.08. The van der Waals surface area contributed by atoms with Crippen molar-refractivity contribution >= 4 is 41.1 Å². The van der Waals surface area contributed by atoms with Gasteiger partial charge in [0.15, 0.2) is 0 Å². The highest BCUT2D eigenvalue weighted by Gasteiger charge is 1.99. The highest BCUT2D eigenvalue weighted by molar-refractivity contribution is 6.42. The Morgan fingerprint density at radius 3 is 2.81 bits per heavy atom. The lowest BCUT2D eigenvalue weighted by Gasteiger charge is -2.06. The van der Waals surface area contributed by atoms with E-state index in [9.17, 15) is 4.79 Å². The Labute approximate surface area is 103 Å². The molecule has 4 nitrogen and oxygen atoms in total. The lowest BCUT2D eigenvalue weighted by molar-refractivity contribution is -0.106. The molecule has 1 aromatic rings. The second-order valence-corrected chi connectivity index (χ2v) is 3.85. The fourth-order valence-corrected chi connectivity index (χ4v) is 1.37. The summed E-state index contributed by atoms with van der Waals surface area (Å²) < 4.78 is 0. The predicted molar refractivity (Wildman–Crippen MR) is 67.3 cm³/mol. The Bertz CT molecular complexity index is 407. The number of amides is 1. The van der Waals surface area contributed by atoms with Crippen LogP contribution in [0.4, 0.5) is 5.69 Å². The number of carbonyl (C=O) groups excluding carboxylic acids is 1. The lowest BCUT2D eigenvalue weighted by Crippen LogP contribution is -2.16. The van der Waals surface area contributed by atoms with Crippen LogP contribution >= 0.6 is 23.2 Å². The molecule has 1 aromatic carbocycles. The van der Waals surface area contributed by atoms with Crippen molar-refractivity contribution in [3.05, 3.63) is 28.2 Å². The number of nitrogens with two attached hydrogens (primary N) is 1. The quantitative estimate of drug-likeness (QED) is 0.485. The first-order valence-electron chi connectivity index (χ1n) is 4.58. The van der Waals surface area contributed by atoms with Crippen LogP contribution in [0, 0.1) is 0 Å². The third kappa shape index (κ3) is 4.08. The number of halogens is 2. The smallest absolute Gasteiger partial charge is 0.234 e. The van der Waals surface area contributed by atoms with Gasteiger partial charge in [0.05, 0.1) is 10.0 Å². The number of hydrogen-bond donors (Lipinski definition) is 2. The van der Waals surface area contributed by atoms with Crippen molar-refractivity contribution in [1.82, 2.24) is 0 Å². The molecule has 0 saturated carbocycles. The van der Waals surface area contributed by atoms with Gasteiger partial charge in [-0.25, -0.2) is 4.99 Å². The molecule has 3 N–H and O–H groups in total. The molecule has 0 aliphatic heterocycles. The molecule has 0 atom stereocenters. The zero-order valence-electron chi connectivity index (χ0n) is 8.41. The van der Waals surface area contributed by atoms with Crippen LogP contribution in [0.25, 0.3) is 0 Å². The molecule has 0 aliphatic rings. The fourth-order valence-electron chi connectivity index (χ4n) is 1.07. The minimum atomic E-state index is 0.294. The van der Waals surface area contributed by atoms with Gasteiger partial charge >= 0.3 is 0 Å². The topological polar surface area (TPSA) is 67.5 Å². The third-order valence-corrected chi connectivity index (χ3v) is 2.59. The summed E-state index contributed by atoms with van der Waals surface area (Å²) in [6.07, 6.45) is 0.910. The molecule has 0 unspecified atom stereocenters. The molecule has 0 heterocycles. The van der Waals surface area contributed by atoms with E-state index in [1.807, 2.05) is 0 Å². The number of aliphatic imine (C=N–C) groups is 1. The van der Waals surface area contributed by atoms with Crippen LogP contribution in [0.2, 0.25) is 10.0 Å². The zero-order chi connectivity index (χ0) is 12.0. The molecule has 0 spiro atoms. The second-order valence-electron chi connectivity index (χ2n) is 3.03. The molecule has 0 bridgehead atoms. The van der Waals surface area contributed by atoms with Crippen LogP contribution in [-0.2, 0) is 4.79 Å². The van der Waals surface area contributed by atoms with Crippen LogP contribution in [0.5, 0.6) is 0 Å². The zero-order valence-corrected chi connectivity index (χ0v) is 9.92. The molecule has 0 fully saturated rings. The Morgan fingerprint density at radius 2 is 2.19 bits per heavy atom. The number of rotatable bonds is 5. The normalized spacial score (nSPS) is 11.2. The average Bonchev–Trinajstić information content (AvgIpc) is 2.24. The number of benzene rings is 1. The molecule has 1 rings (SSSR count). The van der Waals surface area contributed by atoms with E-state index in [4.69, 9.17) is 28.9 Å². The van der Waals surface area contributed by atoms with E-state index in [-0.39, 0.29) is 0 Å². The van der Waals surface area contributed by atoms with Gasteiger partial charge < -0.3 is 11.1 Å². The molecule has 6 heteroatoms. The van der Waals surface area contributed by atoms with Gasteiger partial charge in [-0.2, -0.15) is 0 Å². The van der Waals surface area contributed by atoms with Gasteiger partial charge in [-0.05, 0) is 18.2 Å². The lowest BCUT2D eigenvalue weighted by atomic mass is 10.3. The minimum Gasteiger partial charge on any atom is -0.387 e. The first-order valence-corrected chi connectivity index (χ1v) is 5.34. The maximum absolute atomic E-state index is 10.0. The summed E-state index contributed by atoms with van der Waals surface area (Å²) >= 11 is 11.6. The average molecular weight is 260 g/mol. The van der Waals surface area contributed by atoms with Crippen molar-refractivity contribution in [3.63, 3.8) is 0 Å². The molecule has 0 aliphatic carbocycles. The first kappa shape index (κ1) is 12.8. The SMILES string of the molecule is NC(CCNc1ccc(Cl)c(Cl)c1)=NC=O. The predicted octanol–water partition coefficient (Wildman–Crippen LogP) is 2.31. The summed E-state index contributed by atoms with van der Waals surface area (Å²) in [7, 11) is 0. The molecule has 0 saturated heterocycles. The molecule has 1 amide bonds. The van der Waals surface area contributed by atoms with Gasteiger partial charge in [0.2, 0.25) is 6.41 Å². The van der Waals surface area contributed by atoms with E-state index in [0.717, 1.165) is 5.69 Å². The Balaban J connectivity index is 2.46. The molecule has 0 aromatic heterocycles. The standard InChI is InChI=1S/C10H11Cl2N3O/c11-8-2-1-7(5-9(8)12)14-4-3-10(13)15-6-16/h1-2,5-6,14H,3-4H2,(H2,13,15,16). The monoisotopic (exact) mass is 259 g/mol. The summed E-state index contributed by atoms with van der Waals surface area (Å²) in [4.78, 5) is 13.4. The van der Waals surface area contributed by atoms with Crippen LogP contribution < -0.4 is 11.1 Å². The van der Waals surface area contributed by atoms with Crippen LogP contribution in [0.15, 0.2) is 23.2 Å². The van der Waals surface area contributed by atoms with Crippen molar-refractivity contribution in [2.45, 2.75) is 6.42 Å². The maximum Gasteiger partial charge on any atom is 0.234 e. The van der Waals surface area contributed by atoms with Gasteiger partial charge in [0.1, 0.15) is 5.84 Å². The second kappa shape index (κ2) is 6.35. The summed E-state index contributed by atoms with van der Waals surface area (Å²) in [6, 6.07) is 5.23. The van der Waals surface area contributed by atoms with Crippen molar-refractivity contribution < 1.29 is 4.79 Å². The van der Waals surface area contributed by atoms with Gasteiger partial charge in [0, 0.05) is 18.7 Å². The number of amidine groups is 1. The number of carbonyl (C=O) groups is 1. The maximum atomic E-state index is 10.0. The highest BCUT2D eigenvalue weighted by Crippen LogP contribution is 2.24. The Hall–Kier alpha value is -1.26. The number of anilines is 1. The molecule has 86 valence electrons. The number of hydrogen-bond acceptors (Lipinski definition) is 2. The van der Waals surface area contributed by atoms with E-state index < -0.39 is 0 Å². The van der Waals surface area contributed by atoms with Gasteiger partial charge in [0.25, 0.3) is 0 Å². The van der Waals surface area contributed by atoms with Crippen molar-refractivity contribution in [3.8, 4) is 0 Å². The van der Waals surface area contributed by atoms with Crippen LogP contribution in [-0.4, -0.2) is 18.8 Å². The van der Waals surface area contributed by atoms with Crippen molar-refractivity contribution in [2.24, 2.45) is 10.7 Å². The number of nitrogens with zero attached hydrogens (tertiary/aromatic N) is 1. The molecule has 0 radical (unpaired) electrons. The molecule has 16 heavy (non-hydrogen) atoms. The Morgan fingerprint density at radius 1 is 1.44 bits per heavy atom. The third-order valence-electron chi connectivity index (χ3n) is 1.85. The largest absolute Gasteiger partial charge is 0.387 e. The van der Waals surface area contributed by atoms with Gasteiger partial charge in [-0.1, -0.05) is 23.2 Å². The molecular weight excluding hydrogens is 249 g/mol. The fraction of sp³-hybridized carbons (Fsp3) is 0.200. The van der Waals surface area contributed by atoms with Crippen LogP contribution in [0.1, 0.15) is 6.42 Å². The van der Waals surface area contributed by atoms with Gasteiger partial charge in [-0.3, -0.25) is 4.79 Å². The van der Waals surface area contributed by atoms with Crippen molar-refractivity contribution in [2.75, 3.05) is 11.9 Å². The van der Waals surface area contributed by atoms with Crippen LogP contribution in [0.3, 0.4) is 0 Å². The van der Waals surface area contributed by atoms with E-state index in [1.54, 1.807) is 18.2 Å².